The van der Waals surface area contributed by atoms with E-state index in [1.54, 1.807) is 6.92 Å². The maximum absolute atomic E-state index is 11.8. The topological polar surface area (TPSA) is 64.3 Å². The van der Waals surface area contributed by atoms with Crippen molar-refractivity contribution in [1.82, 2.24) is 9.55 Å². The van der Waals surface area contributed by atoms with Crippen molar-refractivity contribution in [2.75, 3.05) is 6.61 Å². The summed E-state index contributed by atoms with van der Waals surface area (Å²) in [5.41, 5.74) is 0.800. The third-order valence-electron chi connectivity index (χ3n) is 2.53. The predicted molar refractivity (Wildman–Crippen MR) is 63.8 cm³/mol. The molecule has 5 heteroatoms. The Balaban J connectivity index is 3.19. The molecule has 0 saturated carbocycles. The number of hydrogen-bond donors (Lipinski definition) is 1. The molecule has 0 bridgehead atoms. The number of carbonyl (C=O) groups excluding carboxylic acids is 1. The van der Waals surface area contributed by atoms with Crippen LogP contribution in [-0.2, 0) is 24.3 Å². The second kappa shape index (κ2) is 6.39. The Morgan fingerprint density at radius 1 is 1.41 bits per heavy atom. The van der Waals surface area contributed by atoms with Crippen molar-refractivity contribution >= 4 is 5.97 Å². The molecule has 17 heavy (non-hydrogen) atoms. The normalized spacial score (nSPS) is 10.6. The van der Waals surface area contributed by atoms with Gasteiger partial charge in [0.1, 0.15) is 5.82 Å². The summed E-state index contributed by atoms with van der Waals surface area (Å²) in [6.07, 6.45) is 1.74. The summed E-state index contributed by atoms with van der Waals surface area (Å²) in [6.45, 7) is 6.49. The number of carbonyl (C=O) groups is 1. The van der Waals surface area contributed by atoms with Crippen molar-refractivity contribution < 1.29 is 14.6 Å². The fraction of sp³-hybridized carbons (Fsp3) is 0.667. The fourth-order valence-corrected chi connectivity index (χ4v) is 1.85. The molecule has 1 N–H and O–H groups in total. The first-order valence-electron chi connectivity index (χ1n) is 6.05. The summed E-state index contributed by atoms with van der Waals surface area (Å²) in [6, 6.07) is 0. The van der Waals surface area contributed by atoms with Crippen LogP contribution in [0.25, 0.3) is 0 Å². The number of esters is 1. The Morgan fingerprint density at radius 2 is 2.12 bits per heavy atom. The number of hydrogen-bond acceptors (Lipinski definition) is 4. The van der Waals surface area contributed by atoms with Crippen molar-refractivity contribution in [3.8, 4) is 0 Å². The highest BCUT2D eigenvalue weighted by atomic mass is 16.5. The number of nitrogens with zero attached hydrogens (tertiary/aromatic N) is 2. The van der Waals surface area contributed by atoms with E-state index in [0.717, 1.165) is 18.7 Å². The fourth-order valence-electron chi connectivity index (χ4n) is 1.85. The summed E-state index contributed by atoms with van der Waals surface area (Å²) in [5, 5.41) is 9.25. The number of aliphatic hydroxyl groups excluding tert-OH is 1. The Bertz CT molecular complexity index is 385. The molecule has 5 nitrogen and oxygen atoms in total. The van der Waals surface area contributed by atoms with E-state index >= 15 is 0 Å². The Hall–Kier alpha value is -1.36. The predicted octanol–water partition coefficient (Wildman–Crippen LogP) is 1.52. The molecule has 0 radical (unpaired) electrons. The Kier molecular flexibility index (Phi) is 5.15. The van der Waals surface area contributed by atoms with E-state index in [1.165, 1.54) is 0 Å². The Morgan fingerprint density at radius 3 is 2.59 bits per heavy atom. The second-order valence-electron chi connectivity index (χ2n) is 3.70. The average molecular weight is 240 g/mol. The molecule has 1 aromatic rings. The van der Waals surface area contributed by atoms with Gasteiger partial charge >= 0.3 is 5.97 Å². The SMILES string of the molecule is CCCc1nc(CO)c(C(=O)OCC)n1CC. The van der Waals surface area contributed by atoms with Gasteiger partial charge in [-0.1, -0.05) is 6.92 Å². The lowest BCUT2D eigenvalue weighted by atomic mass is 10.3. The molecule has 0 aromatic carbocycles. The van der Waals surface area contributed by atoms with E-state index in [4.69, 9.17) is 4.74 Å². The van der Waals surface area contributed by atoms with Gasteiger partial charge in [-0.3, -0.25) is 0 Å². The van der Waals surface area contributed by atoms with Crippen molar-refractivity contribution in [3.05, 3.63) is 17.2 Å². The highest BCUT2D eigenvalue weighted by Crippen LogP contribution is 2.15. The molecule has 0 aliphatic rings. The van der Waals surface area contributed by atoms with Gasteiger partial charge in [-0.05, 0) is 20.3 Å². The molecule has 96 valence electrons. The minimum Gasteiger partial charge on any atom is -0.461 e. The van der Waals surface area contributed by atoms with Gasteiger partial charge in [0, 0.05) is 13.0 Å². The quantitative estimate of drug-likeness (QED) is 0.766. The molecule has 0 aliphatic carbocycles. The van der Waals surface area contributed by atoms with Gasteiger partial charge in [-0.25, -0.2) is 9.78 Å². The molecule has 0 fully saturated rings. The largest absolute Gasteiger partial charge is 0.461 e. The maximum Gasteiger partial charge on any atom is 0.357 e. The van der Waals surface area contributed by atoms with E-state index in [-0.39, 0.29) is 6.61 Å². The molecule has 1 rings (SSSR count). The van der Waals surface area contributed by atoms with E-state index in [1.807, 2.05) is 11.5 Å². The number of aliphatic hydroxyl groups is 1. The monoisotopic (exact) mass is 240 g/mol. The molecule has 0 spiro atoms. The van der Waals surface area contributed by atoms with Crippen LogP contribution < -0.4 is 0 Å². The van der Waals surface area contributed by atoms with Gasteiger partial charge in [0.25, 0.3) is 0 Å². The first kappa shape index (κ1) is 13.7. The summed E-state index contributed by atoms with van der Waals surface area (Å²) in [7, 11) is 0. The van der Waals surface area contributed by atoms with Gasteiger partial charge in [0.15, 0.2) is 5.69 Å². The maximum atomic E-state index is 11.8. The van der Waals surface area contributed by atoms with Crippen LogP contribution >= 0.6 is 0 Å². The first-order chi connectivity index (χ1) is 8.19. The van der Waals surface area contributed by atoms with Crippen molar-refractivity contribution in [1.29, 1.82) is 0 Å². The van der Waals surface area contributed by atoms with Gasteiger partial charge < -0.3 is 14.4 Å². The van der Waals surface area contributed by atoms with E-state index < -0.39 is 5.97 Å². The van der Waals surface area contributed by atoms with E-state index in [0.29, 0.717) is 24.5 Å². The molecule has 1 heterocycles. The van der Waals surface area contributed by atoms with Crippen molar-refractivity contribution in [3.63, 3.8) is 0 Å². The first-order valence-corrected chi connectivity index (χ1v) is 6.05. The molecule has 0 amide bonds. The standard InChI is InChI=1S/C12H20N2O3/c1-4-7-10-13-9(8-15)11(14(10)5-2)12(16)17-6-3/h15H,4-8H2,1-3H3. The zero-order valence-electron chi connectivity index (χ0n) is 10.7. The van der Waals surface area contributed by atoms with Gasteiger partial charge in [0.2, 0.25) is 0 Å². The third-order valence-corrected chi connectivity index (χ3v) is 2.53. The number of ether oxygens (including phenoxy) is 1. The highest BCUT2D eigenvalue weighted by molar-refractivity contribution is 5.89. The average Bonchev–Trinajstić information content (AvgIpc) is 2.67. The summed E-state index contributed by atoms with van der Waals surface area (Å²) >= 11 is 0. The highest BCUT2D eigenvalue weighted by Gasteiger charge is 2.22. The van der Waals surface area contributed by atoms with Crippen LogP contribution in [-0.4, -0.2) is 27.2 Å². The lowest BCUT2D eigenvalue weighted by Gasteiger charge is -2.08. The number of aryl methyl sites for hydroxylation is 1. The third kappa shape index (κ3) is 2.85. The Labute approximate surface area is 101 Å². The van der Waals surface area contributed by atoms with Crippen LogP contribution in [0.2, 0.25) is 0 Å². The summed E-state index contributed by atoms with van der Waals surface area (Å²) in [5.74, 6) is 0.426. The molecular formula is C12H20N2O3. The van der Waals surface area contributed by atoms with Crippen LogP contribution in [0.5, 0.6) is 0 Å². The van der Waals surface area contributed by atoms with Crippen LogP contribution in [0.4, 0.5) is 0 Å². The molecule has 0 unspecified atom stereocenters. The van der Waals surface area contributed by atoms with Crippen molar-refractivity contribution in [2.24, 2.45) is 0 Å². The van der Waals surface area contributed by atoms with Crippen LogP contribution in [0.1, 0.15) is 49.2 Å². The zero-order chi connectivity index (χ0) is 12.8. The van der Waals surface area contributed by atoms with E-state index in [2.05, 4.69) is 11.9 Å². The van der Waals surface area contributed by atoms with Gasteiger partial charge in [0.05, 0.1) is 18.9 Å². The molecule has 1 aromatic heterocycles. The smallest absolute Gasteiger partial charge is 0.357 e. The van der Waals surface area contributed by atoms with Crippen LogP contribution in [0.3, 0.4) is 0 Å². The van der Waals surface area contributed by atoms with Crippen LogP contribution in [0, 0.1) is 0 Å². The number of aromatic nitrogens is 2. The molecule has 0 aliphatic heterocycles. The zero-order valence-corrected chi connectivity index (χ0v) is 10.7. The minimum absolute atomic E-state index is 0.238. The molecule has 0 saturated heterocycles. The summed E-state index contributed by atoms with van der Waals surface area (Å²) in [4.78, 5) is 16.1. The minimum atomic E-state index is -0.409. The summed E-state index contributed by atoms with van der Waals surface area (Å²) < 4.78 is 6.82. The number of rotatable bonds is 6. The van der Waals surface area contributed by atoms with Gasteiger partial charge in [-0.2, -0.15) is 0 Å². The number of imidazole rings is 1. The van der Waals surface area contributed by atoms with Crippen molar-refractivity contribution in [2.45, 2.75) is 46.8 Å². The van der Waals surface area contributed by atoms with Crippen LogP contribution in [0.15, 0.2) is 0 Å². The van der Waals surface area contributed by atoms with Gasteiger partial charge in [-0.15, -0.1) is 0 Å². The molecular weight excluding hydrogens is 220 g/mol. The lowest BCUT2D eigenvalue weighted by Crippen LogP contribution is -2.15. The second-order valence-corrected chi connectivity index (χ2v) is 3.70. The van der Waals surface area contributed by atoms with E-state index in [9.17, 15) is 9.90 Å². The lowest BCUT2D eigenvalue weighted by molar-refractivity contribution is 0.0509. The molecule has 0 atom stereocenters.